The van der Waals surface area contributed by atoms with Crippen LogP contribution in [0.15, 0.2) is 24.7 Å². The Morgan fingerprint density at radius 1 is 1.33 bits per heavy atom. The highest BCUT2D eigenvalue weighted by molar-refractivity contribution is 7.92. The van der Waals surface area contributed by atoms with Crippen LogP contribution in [0.4, 0.5) is 5.69 Å². The van der Waals surface area contributed by atoms with Gasteiger partial charge in [-0.2, -0.15) is 0 Å². The summed E-state index contributed by atoms with van der Waals surface area (Å²) in [5.74, 6) is 0.159. The number of aromatic nitrogens is 2. The van der Waals surface area contributed by atoms with Gasteiger partial charge in [0.25, 0.3) is 0 Å². The molecular weight excluding hydrogens is 286 g/mol. The largest absolute Gasteiger partial charge is 0.351 e. The van der Waals surface area contributed by atoms with Gasteiger partial charge < -0.3 is 4.98 Å². The molecule has 0 radical (unpaired) electrons. The Balaban J connectivity index is 2.47. The number of nitrogens with one attached hydrogen (secondary N) is 2. The van der Waals surface area contributed by atoms with Gasteiger partial charge in [0.1, 0.15) is 0 Å². The summed E-state index contributed by atoms with van der Waals surface area (Å²) in [5.41, 5.74) is 4.76. The van der Waals surface area contributed by atoms with Crippen molar-refractivity contribution in [2.75, 3.05) is 10.5 Å². The summed E-state index contributed by atoms with van der Waals surface area (Å²) in [5, 5.41) is 0. The monoisotopic (exact) mass is 307 g/mol. The molecule has 5 nitrogen and oxygen atoms in total. The molecule has 1 atom stereocenters. The van der Waals surface area contributed by atoms with E-state index in [1.807, 2.05) is 32.2 Å². The van der Waals surface area contributed by atoms with Crippen molar-refractivity contribution in [2.24, 2.45) is 0 Å². The van der Waals surface area contributed by atoms with E-state index in [1.165, 1.54) is 0 Å². The van der Waals surface area contributed by atoms with Crippen LogP contribution in [0.2, 0.25) is 0 Å². The van der Waals surface area contributed by atoms with Crippen molar-refractivity contribution in [2.45, 2.75) is 33.6 Å². The number of aromatic amines is 1. The highest BCUT2D eigenvalue weighted by atomic mass is 32.2. The summed E-state index contributed by atoms with van der Waals surface area (Å²) in [6.45, 7) is 7.67. The Kier molecular flexibility index (Phi) is 4.37. The van der Waals surface area contributed by atoms with Crippen LogP contribution < -0.4 is 4.72 Å². The first-order valence-corrected chi connectivity index (χ1v) is 8.60. The number of hydrogen-bond donors (Lipinski definition) is 2. The van der Waals surface area contributed by atoms with E-state index in [0.717, 1.165) is 22.4 Å². The minimum Gasteiger partial charge on any atom is -0.351 e. The fraction of sp³-hybridized carbons (Fsp3) is 0.400. The fourth-order valence-electron chi connectivity index (χ4n) is 2.54. The van der Waals surface area contributed by atoms with Crippen molar-refractivity contribution in [3.8, 4) is 0 Å². The number of anilines is 1. The van der Waals surface area contributed by atoms with Gasteiger partial charge >= 0.3 is 0 Å². The Hall–Kier alpha value is -1.82. The SMILES string of the molecule is CCS(=O)(=O)Nc1ccc(C)c(C(C)c2c[nH]cn2)c1C. The van der Waals surface area contributed by atoms with E-state index in [4.69, 9.17) is 0 Å². The molecule has 0 aliphatic carbocycles. The Bertz CT molecular complexity index is 722. The first-order valence-electron chi connectivity index (χ1n) is 6.95. The lowest BCUT2D eigenvalue weighted by atomic mass is 9.89. The molecule has 0 spiro atoms. The van der Waals surface area contributed by atoms with Gasteiger partial charge in [0.05, 0.1) is 23.5 Å². The molecule has 6 heteroatoms. The third-order valence-corrected chi connectivity index (χ3v) is 5.07. The molecule has 0 aliphatic rings. The van der Waals surface area contributed by atoms with Crippen LogP contribution >= 0.6 is 0 Å². The number of benzene rings is 1. The summed E-state index contributed by atoms with van der Waals surface area (Å²) in [6, 6.07) is 3.76. The summed E-state index contributed by atoms with van der Waals surface area (Å²) in [4.78, 5) is 7.26. The second kappa shape index (κ2) is 5.89. The molecule has 2 N–H and O–H groups in total. The van der Waals surface area contributed by atoms with Gasteiger partial charge in [-0.25, -0.2) is 13.4 Å². The van der Waals surface area contributed by atoms with Crippen LogP contribution in [-0.4, -0.2) is 24.1 Å². The lowest BCUT2D eigenvalue weighted by Crippen LogP contribution is -2.16. The van der Waals surface area contributed by atoms with E-state index in [-0.39, 0.29) is 11.7 Å². The summed E-state index contributed by atoms with van der Waals surface area (Å²) >= 11 is 0. The zero-order valence-electron chi connectivity index (χ0n) is 12.8. The maximum atomic E-state index is 11.8. The second-order valence-corrected chi connectivity index (χ2v) is 7.20. The van der Waals surface area contributed by atoms with Gasteiger partial charge in [0.15, 0.2) is 0 Å². The Labute approximate surface area is 125 Å². The average molecular weight is 307 g/mol. The predicted octanol–water partition coefficient (Wildman–Crippen LogP) is 2.94. The topological polar surface area (TPSA) is 74.8 Å². The van der Waals surface area contributed by atoms with Gasteiger partial charge in [0, 0.05) is 12.1 Å². The van der Waals surface area contributed by atoms with Gasteiger partial charge in [0.2, 0.25) is 10.0 Å². The number of hydrogen-bond acceptors (Lipinski definition) is 3. The van der Waals surface area contributed by atoms with Crippen molar-refractivity contribution in [3.63, 3.8) is 0 Å². The van der Waals surface area contributed by atoms with Gasteiger partial charge in [-0.05, 0) is 43.5 Å². The minimum absolute atomic E-state index is 0.0601. The van der Waals surface area contributed by atoms with E-state index in [1.54, 1.807) is 13.3 Å². The molecule has 0 saturated carbocycles. The minimum atomic E-state index is -3.28. The van der Waals surface area contributed by atoms with Gasteiger partial charge in [-0.3, -0.25) is 4.72 Å². The van der Waals surface area contributed by atoms with Gasteiger partial charge in [-0.1, -0.05) is 13.0 Å². The molecule has 2 rings (SSSR count). The van der Waals surface area contributed by atoms with Gasteiger partial charge in [-0.15, -0.1) is 0 Å². The number of aryl methyl sites for hydroxylation is 1. The number of H-pyrrole nitrogens is 1. The first-order chi connectivity index (χ1) is 9.85. The van der Waals surface area contributed by atoms with E-state index < -0.39 is 10.0 Å². The average Bonchev–Trinajstić information content (AvgIpc) is 2.96. The molecule has 114 valence electrons. The van der Waals surface area contributed by atoms with Crippen molar-refractivity contribution in [3.05, 3.63) is 47.0 Å². The molecule has 0 bridgehead atoms. The number of rotatable bonds is 5. The summed E-state index contributed by atoms with van der Waals surface area (Å²) in [7, 11) is -3.28. The summed E-state index contributed by atoms with van der Waals surface area (Å²) < 4.78 is 26.2. The van der Waals surface area contributed by atoms with Crippen LogP contribution in [0, 0.1) is 13.8 Å². The third-order valence-electron chi connectivity index (χ3n) is 3.77. The van der Waals surface area contributed by atoms with Crippen molar-refractivity contribution < 1.29 is 8.42 Å². The zero-order valence-corrected chi connectivity index (χ0v) is 13.6. The van der Waals surface area contributed by atoms with Crippen LogP contribution in [0.3, 0.4) is 0 Å². The molecule has 0 fully saturated rings. The molecule has 0 saturated heterocycles. The standard InChI is InChI=1S/C15H21N3O2S/c1-5-21(19,20)18-13-7-6-10(2)15(11(13)3)12(4)14-8-16-9-17-14/h6-9,12,18H,5H2,1-4H3,(H,16,17). The molecule has 0 aliphatic heterocycles. The first kappa shape index (κ1) is 15.6. The van der Waals surface area contributed by atoms with Crippen LogP contribution in [0.5, 0.6) is 0 Å². The normalized spacial score (nSPS) is 13.1. The van der Waals surface area contributed by atoms with Crippen molar-refractivity contribution in [1.29, 1.82) is 0 Å². The Morgan fingerprint density at radius 3 is 2.62 bits per heavy atom. The quantitative estimate of drug-likeness (QED) is 0.892. The zero-order chi connectivity index (χ0) is 15.6. The molecule has 21 heavy (non-hydrogen) atoms. The second-order valence-electron chi connectivity index (χ2n) is 5.19. The van der Waals surface area contributed by atoms with E-state index in [0.29, 0.717) is 5.69 Å². The fourth-order valence-corrected chi connectivity index (χ4v) is 3.24. The molecular formula is C15H21N3O2S. The highest BCUT2D eigenvalue weighted by Crippen LogP contribution is 2.32. The molecule has 0 amide bonds. The van der Waals surface area contributed by atoms with E-state index >= 15 is 0 Å². The molecule has 2 aromatic rings. The smallest absolute Gasteiger partial charge is 0.232 e. The van der Waals surface area contributed by atoms with Crippen molar-refractivity contribution >= 4 is 15.7 Å². The van der Waals surface area contributed by atoms with E-state index in [2.05, 4.69) is 21.6 Å². The molecule has 1 aromatic heterocycles. The number of sulfonamides is 1. The highest BCUT2D eigenvalue weighted by Gasteiger charge is 2.19. The maximum absolute atomic E-state index is 11.8. The van der Waals surface area contributed by atoms with Crippen LogP contribution in [0.1, 0.15) is 42.1 Å². The number of nitrogens with zero attached hydrogens (tertiary/aromatic N) is 1. The third kappa shape index (κ3) is 3.26. The number of imidazole rings is 1. The van der Waals surface area contributed by atoms with Crippen LogP contribution in [0.25, 0.3) is 0 Å². The van der Waals surface area contributed by atoms with Crippen LogP contribution in [-0.2, 0) is 10.0 Å². The van der Waals surface area contributed by atoms with Crippen molar-refractivity contribution in [1.82, 2.24) is 9.97 Å². The predicted molar refractivity (Wildman–Crippen MR) is 85.1 cm³/mol. The summed E-state index contributed by atoms with van der Waals surface area (Å²) in [6.07, 6.45) is 3.52. The molecule has 1 heterocycles. The lowest BCUT2D eigenvalue weighted by Gasteiger charge is -2.19. The van der Waals surface area contributed by atoms with E-state index in [9.17, 15) is 8.42 Å². The lowest BCUT2D eigenvalue weighted by molar-refractivity contribution is 0.602. The molecule has 1 aromatic carbocycles. The maximum Gasteiger partial charge on any atom is 0.232 e. The Morgan fingerprint density at radius 2 is 2.05 bits per heavy atom. The molecule has 1 unspecified atom stereocenters.